The molecule has 0 unspecified atom stereocenters. The molecule has 192 valence electrons. The topological polar surface area (TPSA) is 38.4 Å². The first kappa shape index (κ1) is 25.1. The zero-order chi connectivity index (χ0) is 26.3. The quantitative estimate of drug-likeness (QED) is 0.328. The largest absolute Gasteiger partial charge is 0.378 e. The van der Waals surface area contributed by atoms with E-state index in [9.17, 15) is 0 Å². The van der Waals surface area contributed by atoms with Crippen molar-refractivity contribution in [1.82, 2.24) is 19.8 Å². The van der Waals surface area contributed by atoms with Crippen LogP contribution in [0.3, 0.4) is 0 Å². The van der Waals surface area contributed by atoms with Crippen molar-refractivity contribution >= 4 is 22.4 Å². The van der Waals surface area contributed by atoms with Crippen LogP contribution in [0.25, 0.3) is 39.0 Å². The van der Waals surface area contributed by atoms with Gasteiger partial charge in [-0.3, -0.25) is 0 Å². The summed E-state index contributed by atoms with van der Waals surface area (Å²) < 4.78 is 0. The second kappa shape index (κ2) is 10.1. The molecule has 1 aliphatic heterocycles. The van der Waals surface area contributed by atoms with Crippen LogP contribution in [0.1, 0.15) is 36.5 Å². The molecule has 3 heterocycles. The molecule has 0 atom stereocenters. The Bertz CT molecular complexity index is 1440. The Kier molecular flexibility index (Phi) is 6.82. The number of likely N-dealkylation sites (N-methyl/N-ethyl adjacent to an activating group) is 1. The predicted octanol–water partition coefficient (Wildman–Crippen LogP) is 6.61. The van der Waals surface area contributed by atoms with Crippen LogP contribution in [0.5, 0.6) is 0 Å². The highest BCUT2D eigenvalue weighted by Gasteiger charge is 2.18. The number of benzene rings is 2. The van der Waals surface area contributed by atoms with E-state index < -0.39 is 0 Å². The summed E-state index contributed by atoms with van der Waals surface area (Å²) in [5, 5.41) is 1.15. The fourth-order valence-corrected chi connectivity index (χ4v) is 5.35. The second-order valence-electron chi connectivity index (χ2n) is 10.9. The lowest BCUT2D eigenvalue weighted by molar-refractivity contribution is 0.312. The highest BCUT2D eigenvalue weighted by atomic mass is 15.2. The summed E-state index contributed by atoms with van der Waals surface area (Å²) in [5.74, 6) is 0.396. The van der Waals surface area contributed by atoms with Gasteiger partial charge in [0.05, 0.1) is 0 Å². The van der Waals surface area contributed by atoms with Crippen LogP contribution in [0.4, 0.5) is 5.69 Å². The molecule has 0 amide bonds. The van der Waals surface area contributed by atoms with Gasteiger partial charge >= 0.3 is 0 Å². The number of hydrogen-bond acceptors (Lipinski definition) is 4. The van der Waals surface area contributed by atoms with E-state index in [2.05, 4.69) is 103 Å². The maximum absolute atomic E-state index is 4.79. The molecule has 0 spiro atoms. The van der Waals surface area contributed by atoms with E-state index in [1.165, 1.54) is 39.1 Å². The predicted molar refractivity (Wildman–Crippen MR) is 158 cm³/mol. The van der Waals surface area contributed by atoms with Gasteiger partial charge in [-0.25, -0.2) is 4.98 Å². The number of H-pyrrole nitrogens is 1. The summed E-state index contributed by atoms with van der Waals surface area (Å²) in [6.45, 7) is 15.4. The first-order valence-corrected chi connectivity index (χ1v) is 13.3. The molecule has 1 fully saturated rings. The summed E-state index contributed by atoms with van der Waals surface area (Å²) in [4.78, 5) is 15.2. The molecule has 0 aliphatic carbocycles. The van der Waals surface area contributed by atoms with Gasteiger partial charge in [-0.15, -0.1) is 0 Å². The van der Waals surface area contributed by atoms with Crippen LogP contribution in [0.15, 0.2) is 61.4 Å². The Hall–Kier alpha value is -3.57. The molecule has 0 saturated carbocycles. The van der Waals surface area contributed by atoms with Gasteiger partial charge in [0.2, 0.25) is 0 Å². The van der Waals surface area contributed by atoms with Crippen LogP contribution < -0.4 is 4.90 Å². The summed E-state index contributed by atoms with van der Waals surface area (Å²) in [6, 6.07) is 15.8. The average Bonchev–Trinajstić information content (AvgIpc) is 3.31. The minimum Gasteiger partial charge on any atom is -0.378 e. The molecule has 1 N–H and O–H groups in total. The number of rotatable bonds is 6. The van der Waals surface area contributed by atoms with Gasteiger partial charge in [-0.05, 0) is 60.3 Å². The fourth-order valence-electron chi connectivity index (χ4n) is 5.35. The number of aromatic nitrogens is 2. The van der Waals surface area contributed by atoms with Crippen molar-refractivity contribution in [2.75, 3.05) is 52.2 Å². The first-order chi connectivity index (χ1) is 17.7. The van der Waals surface area contributed by atoms with Gasteiger partial charge in [0.15, 0.2) is 0 Å². The van der Waals surface area contributed by atoms with E-state index >= 15 is 0 Å². The lowest BCUT2D eigenvalue weighted by Gasteiger charge is -2.35. The van der Waals surface area contributed by atoms with E-state index in [0.717, 1.165) is 48.5 Å². The van der Waals surface area contributed by atoms with Crippen LogP contribution in [0.2, 0.25) is 0 Å². The molecule has 5 heteroatoms. The number of piperazine rings is 1. The molecule has 1 saturated heterocycles. The van der Waals surface area contributed by atoms with E-state index in [-0.39, 0.29) is 0 Å². The monoisotopic (exact) mass is 493 g/mol. The van der Waals surface area contributed by atoms with Gasteiger partial charge in [-0.1, -0.05) is 44.7 Å². The Labute approximate surface area is 221 Å². The van der Waals surface area contributed by atoms with Gasteiger partial charge < -0.3 is 19.7 Å². The molecule has 37 heavy (non-hydrogen) atoms. The molecule has 1 aliphatic rings. The highest BCUT2D eigenvalue weighted by Crippen LogP contribution is 2.36. The number of hydrogen-bond donors (Lipinski definition) is 1. The number of fused-ring (bicyclic) bond motifs is 1. The SMILES string of the molecule is C=C(c1ccc(-c2c[nH]c3ncc(-c4ccc(N5CCN(C)CC5)c(C)c4)cc23)cc1C(C)C)N(C)C. The van der Waals surface area contributed by atoms with Crippen molar-refractivity contribution < 1.29 is 0 Å². The third kappa shape index (κ3) is 4.88. The van der Waals surface area contributed by atoms with Gasteiger partial charge in [0.25, 0.3) is 0 Å². The van der Waals surface area contributed by atoms with Crippen molar-refractivity contribution in [2.45, 2.75) is 26.7 Å². The number of pyridine rings is 1. The van der Waals surface area contributed by atoms with E-state index in [4.69, 9.17) is 4.98 Å². The molecular weight excluding hydrogens is 454 g/mol. The number of nitrogens with one attached hydrogen (secondary N) is 1. The summed E-state index contributed by atoms with van der Waals surface area (Å²) >= 11 is 0. The summed E-state index contributed by atoms with van der Waals surface area (Å²) in [6.07, 6.45) is 4.07. The molecule has 0 bridgehead atoms. The standard InChI is InChI=1S/C32H39N5/c1-21(2)28-17-25(8-10-27(28)23(4)35(5)6)30-20-34-32-29(30)18-26(19-33-32)24-9-11-31(22(3)16-24)37-14-12-36(7)13-15-37/h8-11,16-21H,4,12-15H2,1-3,5-7H3,(H,33,34). The average molecular weight is 494 g/mol. The minimum absolute atomic E-state index is 0.396. The normalized spacial score (nSPS) is 14.5. The Balaban J connectivity index is 1.51. The molecule has 4 aromatic rings. The maximum Gasteiger partial charge on any atom is 0.137 e. The molecule has 5 rings (SSSR count). The van der Waals surface area contributed by atoms with E-state index in [1.807, 2.05) is 20.3 Å². The lowest BCUT2D eigenvalue weighted by Crippen LogP contribution is -2.44. The van der Waals surface area contributed by atoms with E-state index in [0.29, 0.717) is 5.92 Å². The molecule has 2 aromatic carbocycles. The van der Waals surface area contributed by atoms with Crippen molar-refractivity contribution in [1.29, 1.82) is 0 Å². The third-order valence-corrected chi connectivity index (χ3v) is 7.74. The zero-order valence-corrected chi connectivity index (χ0v) is 23.1. The van der Waals surface area contributed by atoms with Gasteiger partial charge in [-0.2, -0.15) is 0 Å². The molecule has 0 radical (unpaired) electrons. The number of anilines is 1. The van der Waals surface area contributed by atoms with Crippen molar-refractivity contribution in [3.8, 4) is 22.3 Å². The lowest BCUT2D eigenvalue weighted by atomic mass is 9.91. The van der Waals surface area contributed by atoms with E-state index in [1.54, 1.807) is 0 Å². The summed E-state index contributed by atoms with van der Waals surface area (Å²) in [7, 11) is 6.30. The van der Waals surface area contributed by atoms with Gasteiger partial charge in [0, 0.05) is 86.1 Å². The third-order valence-electron chi connectivity index (χ3n) is 7.74. The first-order valence-electron chi connectivity index (χ1n) is 13.3. The molecular formula is C32H39N5. The minimum atomic E-state index is 0.396. The Morgan fingerprint density at radius 3 is 2.38 bits per heavy atom. The molecule has 5 nitrogen and oxygen atoms in total. The van der Waals surface area contributed by atoms with Crippen LogP contribution in [-0.2, 0) is 0 Å². The van der Waals surface area contributed by atoms with Crippen LogP contribution >= 0.6 is 0 Å². The maximum atomic E-state index is 4.79. The van der Waals surface area contributed by atoms with Crippen molar-refractivity contribution in [3.63, 3.8) is 0 Å². The van der Waals surface area contributed by atoms with Crippen molar-refractivity contribution in [2.24, 2.45) is 0 Å². The van der Waals surface area contributed by atoms with Crippen LogP contribution in [0, 0.1) is 6.92 Å². The smallest absolute Gasteiger partial charge is 0.137 e. The summed E-state index contributed by atoms with van der Waals surface area (Å²) in [5.41, 5.74) is 11.8. The number of aromatic amines is 1. The van der Waals surface area contributed by atoms with Crippen LogP contribution in [-0.4, -0.2) is 67.1 Å². The second-order valence-corrected chi connectivity index (χ2v) is 10.9. The Morgan fingerprint density at radius 1 is 0.973 bits per heavy atom. The van der Waals surface area contributed by atoms with Crippen molar-refractivity contribution in [3.05, 3.63) is 78.1 Å². The zero-order valence-electron chi connectivity index (χ0n) is 23.1. The highest BCUT2D eigenvalue weighted by molar-refractivity contribution is 5.96. The Morgan fingerprint density at radius 2 is 1.70 bits per heavy atom. The molecule has 2 aromatic heterocycles. The fraction of sp³-hybridized carbons (Fsp3) is 0.344. The van der Waals surface area contributed by atoms with Gasteiger partial charge in [0.1, 0.15) is 5.65 Å². The number of aryl methyl sites for hydroxylation is 1. The number of nitrogens with zero attached hydrogens (tertiary/aromatic N) is 4.